The Balaban J connectivity index is 2.34. The third-order valence-electron chi connectivity index (χ3n) is 2.91. The molecule has 1 saturated carbocycles. The first kappa shape index (κ1) is 14.0. The van der Waals surface area contributed by atoms with E-state index in [-0.39, 0.29) is 20.9 Å². The van der Waals surface area contributed by atoms with Gasteiger partial charge in [0.15, 0.2) is 0 Å². The number of nitrogens with one attached hydrogen (secondary N) is 1. The molecular formula is C11H10FIN2O4. The van der Waals surface area contributed by atoms with Crippen LogP contribution in [-0.4, -0.2) is 22.0 Å². The zero-order valence-electron chi connectivity index (χ0n) is 9.60. The fraction of sp³-hybridized carbons (Fsp3) is 0.364. The fourth-order valence-corrected chi connectivity index (χ4v) is 2.23. The molecule has 0 radical (unpaired) electrons. The van der Waals surface area contributed by atoms with E-state index in [1.54, 1.807) is 22.6 Å². The zero-order valence-corrected chi connectivity index (χ0v) is 11.8. The molecule has 102 valence electrons. The molecule has 0 bridgehead atoms. The molecule has 1 aromatic carbocycles. The van der Waals surface area contributed by atoms with E-state index < -0.39 is 22.8 Å². The van der Waals surface area contributed by atoms with Crippen molar-refractivity contribution in [1.29, 1.82) is 0 Å². The Morgan fingerprint density at radius 1 is 1.58 bits per heavy atom. The van der Waals surface area contributed by atoms with Crippen LogP contribution in [0.4, 0.5) is 15.8 Å². The standard InChI is InChI=1S/C11H10FIN2O4/c12-6-3-8(9(15(18)19)4-7(6)13)14-10(11(16)17)5-1-2-5/h3-5,10,14H,1-2H2,(H,16,17). The average molecular weight is 380 g/mol. The maximum Gasteiger partial charge on any atom is 0.326 e. The summed E-state index contributed by atoms with van der Waals surface area (Å²) < 4.78 is 13.6. The van der Waals surface area contributed by atoms with Crippen molar-refractivity contribution in [3.05, 3.63) is 31.6 Å². The smallest absolute Gasteiger partial charge is 0.326 e. The van der Waals surface area contributed by atoms with Gasteiger partial charge in [0.25, 0.3) is 5.69 Å². The largest absolute Gasteiger partial charge is 0.480 e. The van der Waals surface area contributed by atoms with Gasteiger partial charge < -0.3 is 10.4 Å². The summed E-state index contributed by atoms with van der Waals surface area (Å²) in [6, 6.07) is 1.14. The van der Waals surface area contributed by atoms with Gasteiger partial charge >= 0.3 is 5.97 Å². The molecule has 0 spiro atoms. The van der Waals surface area contributed by atoms with Crippen LogP contribution in [0.1, 0.15) is 12.8 Å². The Morgan fingerprint density at radius 2 is 2.21 bits per heavy atom. The van der Waals surface area contributed by atoms with Gasteiger partial charge in [0.1, 0.15) is 17.5 Å². The maximum atomic E-state index is 13.5. The Kier molecular flexibility index (Phi) is 3.88. The van der Waals surface area contributed by atoms with E-state index in [4.69, 9.17) is 5.11 Å². The molecule has 6 nitrogen and oxygen atoms in total. The second-order valence-corrected chi connectivity index (χ2v) is 5.50. The maximum absolute atomic E-state index is 13.5. The highest BCUT2D eigenvalue weighted by Gasteiger charge is 2.37. The van der Waals surface area contributed by atoms with Crippen molar-refractivity contribution < 1.29 is 19.2 Å². The van der Waals surface area contributed by atoms with Gasteiger partial charge in [-0.2, -0.15) is 0 Å². The summed E-state index contributed by atoms with van der Waals surface area (Å²) in [6.07, 6.45) is 1.51. The van der Waals surface area contributed by atoms with Crippen LogP contribution in [-0.2, 0) is 4.79 Å². The van der Waals surface area contributed by atoms with Gasteiger partial charge in [0.2, 0.25) is 0 Å². The first-order valence-corrected chi connectivity index (χ1v) is 6.61. The summed E-state index contributed by atoms with van der Waals surface area (Å²) in [5.74, 6) is -1.76. The predicted octanol–water partition coefficient (Wildman–Crippen LogP) is 2.61. The van der Waals surface area contributed by atoms with Crippen molar-refractivity contribution in [2.24, 2.45) is 5.92 Å². The number of hydrogen-bond donors (Lipinski definition) is 2. The summed E-state index contributed by atoms with van der Waals surface area (Å²) in [7, 11) is 0. The number of anilines is 1. The average Bonchev–Trinajstić information content (AvgIpc) is 3.13. The van der Waals surface area contributed by atoms with Crippen molar-refractivity contribution in [1.82, 2.24) is 0 Å². The van der Waals surface area contributed by atoms with E-state index in [1.165, 1.54) is 0 Å². The molecule has 1 aliphatic rings. The van der Waals surface area contributed by atoms with Crippen molar-refractivity contribution in [3.63, 3.8) is 0 Å². The van der Waals surface area contributed by atoms with Gasteiger partial charge in [-0.15, -0.1) is 0 Å². The van der Waals surface area contributed by atoms with Crippen molar-refractivity contribution >= 4 is 39.9 Å². The van der Waals surface area contributed by atoms with Gasteiger partial charge in [0, 0.05) is 12.1 Å². The number of carboxylic acid groups (broad SMARTS) is 1. The molecule has 2 N–H and O–H groups in total. The van der Waals surface area contributed by atoms with Crippen molar-refractivity contribution in [2.45, 2.75) is 18.9 Å². The lowest BCUT2D eigenvalue weighted by Gasteiger charge is -2.15. The van der Waals surface area contributed by atoms with Crippen LogP contribution in [0, 0.1) is 25.4 Å². The van der Waals surface area contributed by atoms with E-state index >= 15 is 0 Å². The molecule has 0 saturated heterocycles. The van der Waals surface area contributed by atoms with E-state index in [0.29, 0.717) is 0 Å². The normalized spacial score (nSPS) is 15.9. The lowest BCUT2D eigenvalue weighted by Crippen LogP contribution is -2.31. The number of rotatable bonds is 5. The minimum atomic E-state index is -1.09. The number of carbonyl (C=O) groups is 1. The lowest BCUT2D eigenvalue weighted by molar-refractivity contribution is -0.384. The first-order chi connectivity index (χ1) is 8.90. The summed E-state index contributed by atoms with van der Waals surface area (Å²) >= 11 is 1.65. The second kappa shape index (κ2) is 5.27. The lowest BCUT2D eigenvalue weighted by atomic mass is 10.1. The van der Waals surface area contributed by atoms with Gasteiger partial charge in [-0.1, -0.05) is 0 Å². The molecule has 1 fully saturated rings. The molecule has 19 heavy (non-hydrogen) atoms. The van der Waals surface area contributed by atoms with Crippen molar-refractivity contribution in [2.75, 3.05) is 5.32 Å². The summed E-state index contributed by atoms with van der Waals surface area (Å²) in [6.45, 7) is 0. The van der Waals surface area contributed by atoms with E-state index in [2.05, 4.69) is 5.32 Å². The summed E-state index contributed by atoms with van der Waals surface area (Å²) in [5, 5.41) is 22.6. The molecule has 1 aromatic rings. The van der Waals surface area contributed by atoms with Crippen LogP contribution in [0.5, 0.6) is 0 Å². The van der Waals surface area contributed by atoms with E-state index in [1.807, 2.05) is 0 Å². The minimum absolute atomic E-state index is 0.0561. The third kappa shape index (κ3) is 3.11. The molecule has 0 amide bonds. The summed E-state index contributed by atoms with van der Waals surface area (Å²) in [4.78, 5) is 21.3. The van der Waals surface area contributed by atoms with Gasteiger partial charge in [0.05, 0.1) is 8.49 Å². The SMILES string of the molecule is O=C(O)C(Nc1cc(F)c(I)cc1[N+](=O)[O-])C1CC1. The molecule has 1 unspecified atom stereocenters. The van der Waals surface area contributed by atoms with Crippen LogP contribution < -0.4 is 5.32 Å². The Bertz CT molecular complexity index is 548. The highest BCUT2D eigenvalue weighted by Crippen LogP contribution is 2.36. The zero-order chi connectivity index (χ0) is 14.2. The number of carboxylic acids is 1. The predicted molar refractivity (Wildman–Crippen MR) is 73.5 cm³/mol. The second-order valence-electron chi connectivity index (χ2n) is 4.34. The monoisotopic (exact) mass is 380 g/mol. The molecule has 0 aliphatic heterocycles. The van der Waals surface area contributed by atoms with Gasteiger partial charge in [-0.25, -0.2) is 9.18 Å². The van der Waals surface area contributed by atoms with E-state index in [0.717, 1.165) is 25.0 Å². The molecular weight excluding hydrogens is 370 g/mol. The van der Waals surface area contributed by atoms with Crippen molar-refractivity contribution in [3.8, 4) is 0 Å². The number of nitrogens with zero attached hydrogens (tertiary/aromatic N) is 1. The Morgan fingerprint density at radius 3 is 2.68 bits per heavy atom. The topological polar surface area (TPSA) is 92.5 Å². The molecule has 1 aliphatic carbocycles. The molecule has 2 rings (SSSR count). The highest BCUT2D eigenvalue weighted by molar-refractivity contribution is 14.1. The van der Waals surface area contributed by atoms with Gasteiger partial charge in [-0.3, -0.25) is 10.1 Å². The van der Waals surface area contributed by atoms with Crippen LogP contribution in [0.25, 0.3) is 0 Å². The molecule has 0 aromatic heterocycles. The van der Waals surface area contributed by atoms with E-state index in [9.17, 15) is 19.3 Å². The Labute approximate surface area is 121 Å². The highest BCUT2D eigenvalue weighted by atomic mass is 127. The third-order valence-corrected chi connectivity index (χ3v) is 3.73. The quantitative estimate of drug-likeness (QED) is 0.466. The van der Waals surface area contributed by atoms with Crippen LogP contribution in [0.3, 0.4) is 0 Å². The minimum Gasteiger partial charge on any atom is -0.480 e. The first-order valence-electron chi connectivity index (χ1n) is 5.53. The number of benzene rings is 1. The molecule has 1 atom stereocenters. The molecule has 0 heterocycles. The Hall–Kier alpha value is -1.45. The molecule has 8 heteroatoms. The van der Waals surface area contributed by atoms with Gasteiger partial charge in [-0.05, 0) is 41.4 Å². The van der Waals surface area contributed by atoms with Crippen LogP contribution in [0.2, 0.25) is 0 Å². The number of aliphatic carboxylic acids is 1. The number of halogens is 2. The summed E-state index contributed by atoms with van der Waals surface area (Å²) in [5.41, 5.74) is -0.417. The van der Waals surface area contributed by atoms with Crippen LogP contribution >= 0.6 is 22.6 Å². The number of hydrogen-bond acceptors (Lipinski definition) is 4. The number of nitro groups is 1. The number of nitro benzene ring substituents is 1. The van der Waals surface area contributed by atoms with Crippen LogP contribution in [0.15, 0.2) is 12.1 Å². The fourth-order valence-electron chi connectivity index (χ4n) is 1.78.